The molecule has 0 bridgehead atoms. The first kappa shape index (κ1) is 7.99. The second-order valence-corrected chi connectivity index (χ2v) is 3.59. The molecule has 0 saturated heterocycles. The number of benzene rings is 1. The van der Waals surface area contributed by atoms with E-state index in [1.54, 1.807) is 0 Å². The predicted octanol–water partition coefficient (Wildman–Crippen LogP) is 1.08. The standard InChI is InChI=1S/C8H4ClN2Se/c9-5-1-2-7-6(3-5)8(12)11-4-10-7/h1-4H. The summed E-state index contributed by atoms with van der Waals surface area (Å²) >= 11 is 8.68. The van der Waals surface area contributed by atoms with Crippen LogP contribution in [0.25, 0.3) is 10.9 Å². The van der Waals surface area contributed by atoms with Crippen molar-refractivity contribution in [3.05, 3.63) is 29.5 Å². The molecule has 0 spiro atoms. The minimum atomic E-state index is 0.703. The molecular formula is C8H4ClN2Se. The molecule has 0 aliphatic rings. The average Bonchev–Trinajstić information content (AvgIpc) is 2.07. The summed E-state index contributed by atoms with van der Waals surface area (Å²) in [5.74, 6) is 0. The van der Waals surface area contributed by atoms with E-state index in [0.29, 0.717) is 5.02 Å². The third kappa shape index (κ3) is 1.31. The van der Waals surface area contributed by atoms with Crippen molar-refractivity contribution in [2.24, 2.45) is 0 Å². The molecule has 1 heterocycles. The van der Waals surface area contributed by atoms with Crippen LogP contribution in [-0.4, -0.2) is 26.0 Å². The first-order valence-electron chi connectivity index (χ1n) is 3.34. The quantitative estimate of drug-likeness (QED) is 0.646. The van der Waals surface area contributed by atoms with Crippen LogP contribution < -0.4 is 4.59 Å². The Hall–Kier alpha value is -0.631. The van der Waals surface area contributed by atoms with Gasteiger partial charge < -0.3 is 0 Å². The van der Waals surface area contributed by atoms with Gasteiger partial charge in [0, 0.05) is 0 Å². The number of aromatic nitrogens is 2. The fourth-order valence-corrected chi connectivity index (χ4v) is 1.62. The van der Waals surface area contributed by atoms with Crippen molar-refractivity contribution in [2.45, 2.75) is 0 Å². The average molecular weight is 243 g/mol. The van der Waals surface area contributed by atoms with Gasteiger partial charge in [-0.1, -0.05) is 0 Å². The molecular weight excluding hydrogens is 239 g/mol. The summed E-state index contributed by atoms with van der Waals surface area (Å²) in [4.78, 5) is 8.12. The Balaban J connectivity index is 2.88. The maximum absolute atomic E-state index is 5.82. The van der Waals surface area contributed by atoms with E-state index in [9.17, 15) is 0 Å². The van der Waals surface area contributed by atoms with Crippen LogP contribution in [0, 0.1) is 0 Å². The summed E-state index contributed by atoms with van der Waals surface area (Å²) in [5, 5.41) is 1.67. The molecule has 0 saturated carbocycles. The van der Waals surface area contributed by atoms with E-state index in [1.165, 1.54) is 6.33 Å². The number of rotatable bonds is 0. The van der Waals surface area contributed by atoms with E-state index in [1.807, 2.05) is 18.2 Å². The van der Waals surface area contributed by atoms with Crippen LogP contribution in [0.3, 0.4) is 0 Å². The molecule has 0 atom stereocenters. The van der Waals surface area contributed by atoms with E-state index in [4.69, 9.17) is 11.6 Å². The molecule has 1 aromatic heterocycles. The number of hydrogen-bond donors (Lipinski definition) is 0. The summed E-state index contributed by atoms with van der Waals surface area (Å²) in [7, 11) is 0. The van der Waals surface area contributed by atoms with Gasteiger partial charge in [-0.2, -0.15) is 0 Å². The Kier molecular flexibility index (Phi) is 2.01. The molecule has 2 rings (SSSR count). The molecule has 0 aliphatic heterocycles. The zero-order valence-corrected chi connectivity index (χ0v) is 8.46. The topological polar surface area (TPSA) is 25.8 Å². The summed E-state index contributed by atoms with van der Waals surface area (Å²) in [6.45, 7) is 0. The van der Waals surface area contributed by atoms with Crippen molar-refractivity contribution in [3.8, 4) is 0 Å². The molecule has 2 aromatic rings. The van der Waals surface area contributed by atoms with Crippen LogP contribution >= 0.6 is 11.6 Å². The third-order valence-corrected chi connectivity index (χ3v) is 2.48. The molecule has 12 heavy (non-hydrogen) atoms. The Morgan fingerprint density at radius 1 is 1.25 bits per heavy atom. The number of hydrogen-bond acceptors (Lipinski definition) is 2. The van der Waals surface area contributed by atoms with Crippen LogP contribution in [-0.2, 0) is 0 Å². The number of halogens is 1. The van der Waals surface area contributed by atoms with Gasteiger partial charge >= 0.3 is 82.6 Å². The van der Waals surface area contributed by atoms with Gasteiger partial charge in [0.2, 0.25) is 0 Å². The van der Waals surface area contributed by atoms with Gasteiger partial charge in [-0.25, -0.2) is 0 Å². The van der Waals surface area contributed by atoms with Crippen LogP contribution in [0.1, 0.15) is 0 Å². The number of nitrogens with zero attached hydrogens (tertiary/aromatic N) is 2. The Morgan fingerprint density at radius 2 is 2.08 bits per heavy atom. The molecule has 0 fully saturated rings. The minimum absolute atomic E-state index is 0.703. The predicted molar refractivity (Wildman–Crippen MR) is 49.9 cm³/mol. The van der Waals surface area contributed by atoms with Crippen molar-refractivity contribution >= 4 is 43.1 Å². The molecule has 1 aromatic carbocycles. The van der Waals surface area contributed by atoms with E-state index >= 15 is 0 Å². The van der Waals surface area contributed by atoms with Crippen molar-refractivity contribution < 1.29 is 0 Å². The van der Waals surface area contributed by atoms with Crippen molar-refractivity contribution in [1.82, 2.24) is 9.97 Å². The van der Waals surface area contributed by atoms with Crippen molar-refractivity contribution in [2.75, 3.05) is 0 Å². The molecule has 0 N–H and O–H groups in total. The van der Waals surface area contributed by atoms with Crippen LogP contribution in [0.5, 0.6) is 0 Å². The van der Waals surface area contributed by atoms with E-state index in [0.717, 1.165) is 15.5 Å². The van der Waals surface area contributed by atoms with Gasteiger partial charge in [0.05, 0.1) is 0 Å². The summed E-state index contributed by atoms with van der Waals surface area (Å²) in [5.41, 5.74) is 0.906. The normalized spacial score (nSPS) is 10.4. The van der Waals surface area contributed by atoms with E-state index in [2.05, 4.69) is 26.0 Å². The maximum atomic E-state index is 5.82. The SMILES string of the molecule is Clc1ccc2ncnc([Se])c2c1. The molecule has 0 aliphatic carbocycles. The van der Waals surface area contributed by atoms with Crippen LogP contribution in [0.4, 0.5) is 0 Å². The molecule has 2 nitrogen and oxygen atoms in total. The van der Waals surface area contributed by atoms with Crippen molar-refractivity contribution in [3.63, 3.8) is 0 Å². The summed E-state index contributed by atoms with van der Waals surface area (Å²) in [6, 6.07) is 5.54. The monoisotopic (exact) mass is 243 g/mol. The Labute approximate surface area is 82.8 Å². The Bertz CT molecular complexity index is 430. The Morgan fingerprint density at radius 3 is 2.92 bits per heavy atom. The molecule has 0 amide bonds. The van der Waals surface area contributed by atoms with Gasteiger partial charge in [-0.15, -0.1) is 0 Å². The summed E-state index contributed by atoms with van der Waals surface area (Å²) < 4.78 is 0.836. The molecule has 4 heteroatoms. The molecule has 0 unspecified atom stereocenters. The fourth-order valence-electron chi connectivity index (χ4n) is 1.01. The first-order valence-corrected chi connectivity index (χ1v) is 4.58. The molecule has 59 valence electrons. The first-order chi connectivity index (χ1) is 5.77. The zero-order valence-electron chi connectivity index (χ0n) is 5.99. The van der Waals surface area contributed by atoms with Crippen LogP contribution in [0.15, 0.2) is 24.5 Å². The van der Waals surface area contributed by atoms with E-state index in [-0.39, 0.29) is 0 Å². The van der Waals surface area contributed by atoms with E-state index < -0.39 is 0 Å². The van der Waals surface area contributed by atoms with Crippen LogP contribution in [0.2, 0.25) is 5.02 Å². The fraction of sp³-hybridized carbons (Fsp3) is 0. The van der Waals surface area contributed by atoms with Gasteiger partial charge in [0.15, 0.2) is 0 Å². The van der Waals surface area contributed by atoms with Gasteiger partial charge in [-0.05, 0) is 0 Å². The zero-order chi connectivity index (χ0) is 8.55. The van der Waals surface area contributed by atoms with Gasteiger partial charge in [0.1, 0.15) is 0 Å². The van der Waals surface area contributed by atoms with Gasteiger partial charge in [0.25, 0.3) is 0 Å². The second kappa shape index (κ2) is 3.02. The number of fused-ring (bicyclic) bond motifs is 1. The summed E-state index contributed by atoms with van der Waals surface area (Å²) in [6.07, 6.45) is 1.53. The third-order valence-electron chi connectivity index (χ3n) is 1.56. The van der Waals surface area contributed by atoms with Crippen molar-refractivity contribution in [1.29, 1.82) is 0 Å². The second-order valence-electron chi connectivity index (χ2n) is 2.34. The molecule has 1 radical (unpaired) electrons. The van der Waals surface area contributed by atoms with Gasteiger partial charge in [-0.3, -0.25) is 0 Å².